The lowest BCUT2D eigenvalue weighted by Crippen LogP contribution is -2.46. The Labute approximate surface area is 304 Å². The van der Waals surface area contributed by atoms with Gasteiger partial charge in [0.05, 0.1) is 17.9 Å². The van der Waals surface area contributed by atoms with Gasteiger partial charge in [-0.2, -0.15) is 8.42 Å². The first-order chi connectivity index (χ1) is 23.8. The molecule has 0 saturated carbocycles. The molecule has 2 unspecified atom stereocenters. The third kappa shape index (κ3) is 37.6. The lowest BCUT2D eigenvalue weighted by Gasteiger charge is -2.21. The topological polar surface area (TPSA) is 104 Å². The smallest absolute Gasteiger partial charge is 0.267 e. The molecule has 6 nitrogen and oxygen atoms in total. The number of allylic oxidation sites excluding steroid dienone is 5. The van der Waals surface area contributed by atoms with E-state index < -0.39 is 28.0 Å². The second kappa shape index (κ2) is 36.4. The van der Waals surface area contributed by atoms with Crippen LogP contribution in [0.15, 0.2) is 36.5 Å². The van der Waals surface area contributed by atoms with Crippen LogP contribution in [0.1, 0.15) is 206 Å². The Bertz CT molecular complexity index is 914. The fraction of sp³-hybridized carbons (Fsp3) is 0.833. The van der Waals surface area contributed by atoms with E-state index in [4.69, 9.17) is 0 Å². The summed E-state index contributed by atoms with van der Waals surface area (Å²) in [6, 6.07) is -1.06. The summed E-state index contributed by atoms with van der Waals surface area (Å²) in [6.45, 7) is 4.50. The highest BCUT2D eigenvalue weighted by Crippen LogP contribution is 2.15. The van der Waals surface area contributed by atoms with E-state index in [9.17, 15) is 22.9 Å². The van der Waals surface area contributed by atoms with Crippen LogP contribution >= 0.6 is 0 Å². The van der Waals surface area contributed by atoms with E-state index in [2.05, 4.69) is 43.5 Å². The van der Waals surface area contributed by atoms with Crippen molar-refractivity contribution in [3.8, 4) is 0 Å². The van der Waals surface area contributed by atoms with Gasteiger partial charge in [0, 0.05) is 6.42 Å². The van der Waals surface area contributed by atoms with E-state index >= 15 is 0 Å². The van der Waals surface area contributed by atoms with Crippen molar-refractivity contribution in [1.82, 2.24) is 5.32 Å². The van der Waals surface area contributed by atoms with Crippen molar-refractivity contribution in [2.24, 2.45) is 0 Å². The molecule has 0 rings (SSSR count). The fourth-order valence-electron chi connectivity index (χ4n) is 6.19. The minimum absolute atomic E-state index is 0.286. The van der Waals surface area contributed by atoms with Gasteiger partial charge in [-0.1, -0.05) is 185 Å². The summed E-state index contributed by atoms with van der Waals surface area (Å²) in [7, 11) is -4.34. The highest BCUT2D eigenvalue weighted by molar-refractivity contribution is 7.85. The molecule has 1 amide bonds. The van der Waals surface area contributed by atoms with Crippen LogP contribution in [0.3, 0.4) is 0 Å². The second-order valence-corrected chi connectivity index (χ2v) is 15.8. The van der Waals surface area contributed by atoms with Gasteiger partial charge in [-0.15, -0.1) is 0 Å². The Morgan fingerprint density at radius 1 is 0.551 bits per heavy atom. The summed E-state index contributed by atoms with van der Waals surface area (Å²) >= 11 is 0. The molecule has 0 fully saturated rings. The molecule has 0 bridgehead atoms. The number of amides is 1. The molecular weight excluding hydrogens is 631 g/mol. The van der Waals surface area contributed by atoms with Crippen LogP contribution in [0.25, 0.3) is 0 Å². The Morgan fingerprint density at radius 2 is 0.918 bits per heavy atom. The van der Waals surface area contributed by atoms with Crippen LogP contribution in [0.5, 0.6) is 0 Å². The maximum Gasteiger partial charge on any atom is 0.267 e. The third-order valence-electron chi connectivity index (χ3n) is 9.31. The number of hydrogen-bond donors (Lipinski definition) is 3. The van der Waals surface area contributed by atoms with E-state index in [0.717, 1.165) is 57.8 Å². The number of carbonyl (C=O) groups is 1. The Morgan fingerprint density at radius 3 is 1.37 bits per heavy atom. The second-order valence-electron chi connectivity index (χ2n) is 14.3. The van der Waals surface area contributed by atoms with E-state index in [-0.39, 0.29) is 12.3 Å². The van der Waals surface area contributed by atoms with Crippen molar-refractivity contribution in [3.63, 3.8) is 0 Å². The Balaban J connectivity index is 3.93. The zero-order chi connectivity index (χ0) is 36.1. The molecule has 0 radical (unpaired) electrons. The zero-order valence-corrected chi connectivity index (χ0v) is 32.9. The van der Waals surface area contributed by atoms with Gasteiger partial charge in [0.15, 0.2) is 0 Å². The van der Waals surface area contributed by atoms with Crippen molar-refractivity contribution in [2.45, 2.75) is 219 Å². The number of hydrogen-bond acceptors (Lipinski definition) is 4. The summed E-state index contributed by atoms with van der Waals surface area (Å²) in [6.07, 6.45) is 46.9. The van der Waals surface area contributed by atoms with Gasteiger partial charge in [0.2, 0.25) is 5.91 Å². The first-order valence-electron chi connectivity index (χ1n) is 20.7. The van der Waals surface area contributed by atoms with E-state index in [1.54, 1.807) is 6.08 Å². The van der Waals surface area contributed by atoms with Gasteiger partial charge in [-0.25, -0.2) is 0 Å². The molecule has 49 heavy (non-hydrogen) atoms. The maximum absolute atomic E-state index is 12.5. The van der Waals surface area contributed by atoms with Crippen molar-refractivity contribution < 1.29 is 22.9 Å². The number of nitrogens with one attached hydrogen (secondary N) is 1. The Hall–Kier alpha value is -1.44. The van der Waals surface area contributed by atoms with Crippen LogP contribution in [0, 0.1) is 0 Å². The van der Waals surface area contributed by atoms with Crippen molar-refractivity contribution in [1.29, 1.82) is 0 Å². The summed E-state index contributed by atoms with van der Waals surface area (Å²) in [4.78, 5) is 12.5. The van der Waals surface area contributed by atoms with Gasteiger partial charge in [-0.3, -0.25) is 9.35 Å². The van der Waals surface area contributed by atoms with Gasteiger partial charge in [0.25, 0.3) is 10.1 Å². The monoisotopic (exact) mass is 710 g/mol. The van der Waals surface area contributed by atoms with Gasteiger partial charge in [-0.05, 0) is 51.4 Å². The summed E-state index contributed by atoms with van der Waals surface area (Å²) in [5.41, 5.74) is 0. The summed E-state index contributed by atoms with van der Waals surface area (Å²) < 4.78 is 32.5. The van der Waals surface area contributed by atoms with Crippen molar-refractivity contribution in [2.75, 3.05) is 5.75 Å². The Kier molecular flexibility index (Phi) is 35.3. The molecule has 0 aliphatic heterocycles. The molecule has 0 aliphatic carbocycles. The number of rotatable bonds is 37. The van der Waals surface area contributed by atoms with Gasteiger partial charge in [0.1, 0.15) is 0 Å². The number of aliphatic hydroxyl groups is 1. The lowest BCUT2D eigenvalue weighted by atomic mass is 10.0. The van der Waals surface area contributed by atoms with Gasteiger partial charge < -0.3 is 10.4 Å². The standard InChI is InChI=1S/C42H79NO5S/c1-3-5-7-9-11-13-15-17-19-21-23-25-27-29-31-33-35-37-41(44)40(39-49(46,47)48)43-42(45)38-36-34-32-30-28-26-24-22-20-18-16-14-12-10-8-6-4-2/h12,14,18,20,35,37,40-41,44H,3-11,13,15-17,19,21-34,36,38-39H2,1-2H3,(H,43,45)(H,46,47,48)/b14-12-,20-18-,37-35+. The average Bonchev–Trinajstić information content (AvgIpc) is 3.06. The first-order valence-corrected chi connectivity index (χ1v) is 22.3. The maximum atomic E-state index is 12.5. The largest absolute Gasteiger partial charge is 0.387 e. The zero-order valence-electron chi connectivity index (χ0n) is 32.1. The molecule has 0 spiro atoms. The van der Waals surface area contributed by atoms with Crippen LogP contribution in [-0.2, 0) is 14.9 Å². The molecule has 0 aromatic carbocycles. The minimum Gasteiger partial charge on any atom is -0.387 e. The molecule has 0 aliphatic rings. The fourth-order valence-corrected chi connectivity index (χ4v) is 6.92. The lowest BCUT2D eigenvalue weighted by molar-refractivity contribution is -0.122. The van der Waals surface area contributed by atoms with Crippen LogP contribution < -0.4 is 5.32 Å². The molecule has 0 aromatic heterocycles. The van der Waals surface area contributed by atoms with E-state index in [0.29, 0.717) is 0 Å². The van der Waals surface area contributed by atoms with Gasteiger partial charge >= 0.3 is 0 Å². The molecule has 288 valence electrons. The predicted octanol–water partition coefficient (Wildman–Crippen LogP) is 12.1. The minimum atomic E-state index is -4.34. The first kappa shape index (κ1) is 47.6. The van der Waals surface area contributed by atoms with E-state index in [1.807, 2.05) is 6.08 Å². The SMILES string of the molecule is CCCCC/C=C\C/C=C\CCCCCCCCCC(=O)NC(CS(=O)(=O)O)C(O)/C=C/CCCCCCCCCCCCCCCCC. The van der Waals surface area contributed by atoms with Crippen LogP contribution in [0.2, 0.25) is 0 Å². The number of carbonyl (C=O) groups excluding carboxylic acids is 1. The van der Waals surface area contributed by atoms with E-state index in [1.165, 1.54) is 128 Å². The highest BCUT2D eigenvalue weighted by atomic mass is 32.2. The molecule has 0 heterocycles. The van der Waals surface area contributed by atoms with Crippen LogP contribution in [0.4, 0.5) is 0 Å². The van der Waals surface area contributed by atoms with Crippen molar-refractivity contribution in [3.05, 3.63) is 36.5 Å². The van der Waals surface area contributed by atoms with Crippen molar-refractivity contribution >= 4 is 16.0 Å². The molecule has 7 heteroatoms. The molecule has 3 N–H and O–H groups in total. The summed E-state index contributed by atoms with van der Waals surface area (Å²) in [5.74, 6) is -0.986. The average molecular weight is 710 g/mol. The number of aliphatic hydroxyl groups excluding tert-OH is 1. The quantitative estimate of drug-likeness (QED) is 0.0338. The molecule has 0 saturated heterocycles. The molecule has 2 atom stereocenters. The number of unbranched alkanes of at least 4 members (excludes halogenated alkanes) is 25. The molecular formula is C42H79NO5S. The molecule has 0 aromatic rings. The predicted molar refractivity (Wildman–Crippen MR) is 212 cm³/mol. The summed E-state index contributed by atoms with van der Waals surface area (Å²) in [5, 5.41) is 13.2. The normalized spacial score (nSPS) is 13.6. The highest BCUT2D eigenvalue weighted by Gasteiger charge is 2.24. The van der Waals surface area contributed by atoms with Crippen LogP contribution in [-0.4, -0.2) is 41.9 Å². The third-order valence-corrected chi connectivity index (χ3v) is 10.1.